The third-order valence-electron chi connectivity index (χ3n) is 8.89. The van der Waals surface area contributed by atoms with Gasteiger partial charge in [-0.2, -0.15) is 15.0 Å². The quantitative estimate of drug-likeness (QED) is 0.395. The summed E-state index contributed by atoms with van der Waals surface area (Å²) in [5, 5.41) is 25.4. The van der Waals surface area contributed by atoms with E-state index in [0.29, 0.717) is 25.7 Å². The number of nitrogens with one attached hydrogen (secondary N) is 2. The molecule has 46 heavy (non-hydrogen) atoms. The predicted octanol–water partition coefficient (Wildman–Crippen LogP) is 4.41. The number of carbonyl (C=O) groups excluding carboxylic acids is 3. The number of amides is 3. The number of allylic oxidation sites excluding steroid dienone is 1. The van der Waals surface area contributed by atoms with Crippen LogP contribution in [0.2, 0.25) is 0 Å². The van der Waals surface area contributed by atoms with E-state index >= 15 is 0 Å². The third kappa shape index (κ3) is 7.42. The average molecular weight is 635 g/mol. The highest BCUT2D eigenvalue weighted by molar-refractivity contribution is 5.96. The van der Waals surface area contributed by atoms with Gasteiger partial charge < -0.3 is 25.4 Å². The number of carboxylic acids is 1. The number of benzene rings is 1. The number of hydrogen-bond donors (Lipinski definition) is 3. The SMILES string of the molecule is CCCc1nn([C@H]2C[C@H]3C(=O)N[C@]4(C(=O)O)C[C@@H]4/C=C\CCCCC[C@H](NC(=O)OC(C)(C)C)C(=O)N3C2)nc1-c1ccccc1. The average Bonchev–Trinajstić information content (AvgIpc) is 3.31. The molecule has 248 valence electrons. The van der Waals surface area contributed by atoms with Gasteiger partial charge >= 0.3 is 12.1 Å². The van der Waals surface area contributed by atoms with E-state index in [1.54, 1.807) is 25.6 Å². The molecule has 1 aliphatic carbocycles. The maximum atomic E-state index is 14.3. The summed E-state index contributed by atoms with van der Waals surface area (Å²) in [5.74, 6) is -2.37. The summed E-state index contributed by atoms with van der Waals surface area (Å²) in [6, 6.07) is 7.42. The lowest BCUT2D eigenvalue weighted by molar-refractivity contribution is -0.145. The zero-order chi connectivity index (χ0) is 33.1. The minimum absolute atomic E-state index is 0.126. The van der Waals surface area contributed by atoms with E-state index in [2.05, 4.69) is 17.6 Å². The first-order valence-electron chi connectivity index (χ1n) is 16.4. The zero-order valence-corrected chi connectivity index (χ0v) is 27.2. The number of aliphatic carboxylic acids is 1. The Labute approximate surface area is 269 Å². The second-order valence-corrected chi connectivity index (χ2v) is 13.7. The fourth-order valence-electron chi connectivity index (χ4n) is 6.44. The molecular weight excluding hydrogens is 588 g/mol. The molecule has 1 saturated heterocycles. The Kier molecular flexibility index (Phi) is 9.83. The molecule has 1 aromatic carbocycles. The molecule has 1 aromatic heterocycles. The van der Waals surface area contributed by atoms with Gasteiger partial charge in [-0.15, -0.1) is 0 Å². The maximum absolute atomic E-state index is 14.3. The molecule has 12 heteroatoms. The Morgan fingerprint density at radius 1 is 1.13 bits per heavy atom. The molecule has 5 rings (SSSR count). The Bertz CT molecular complexity index is 1470. The van der Waals surface area contributed by atoms with Gasteiger partial charge in [-0.3, -0.25) is 9.59 Å². The van der Waals surface area contributed by atoms with E-state index < -0.39 is 53.1 Å². The number of hydrogen-bond acceptors (Lipinski definition) is 7. The summed E-state index contributed by atoms with van der Waals surface area (Å²) in [5.41, 5.74) is 0.343. The lowest BCUT2D eigenvalue weighted by Crippen LogP contribution is -2.56. The van der Waals surface area contributed by atoms with Crippen molar-refractivity contribution in [1.29, 1.82) is 0 Å². The Morgan fingerprint density at radius 3 is 2.59 bits per heavy atom. The minimum Gasteiger partial charge on any atom is -0.479 e. The van der Waals surface area contributed by atoms with Crippen molar-refractivity contribution < 1.29 is 29.0 Å². The Balaban J connectivity index is 1.48. The number of fused-ring (bicyclic) bond motifs is 2. The van der Waals surface area contributed by atoms with Crippen molar-refractivity contribution in [2.75, 3.05) is 6.54 Å². The van der Waals surface area contributed by atoms with Gasteiger partial charge in [0, 0.05) is 24.4 Å². The lowest BCUT2D eigenvalue weighted by Gasteiger charge is -2.30. The number of rotatable bonds is 6. The van der Waals surface area contributed by atoms with Gasteiger partial charge in [-0.1, -0.05) is 68.7 Å². The van der Waals surface area contributed by atoms with Crippen LogP contribution in [0, 0.1) is 5.92 Å². The summed E-state index contributed by atoms with van der Waals surface area (Å²) in [4.78, 5) is 56.6. The minimum atomic E-state index is -1.41. The number of ether oxygens (including phenoxy) is 1. The van der Waals surface area contributed by atoms with E-state index in [1.165, 1.54) is 4.90 Å². The van der Waals surface area contributed by atoms with Gasteiger partial charge in [0.1, 0.15) is 28.9 Å². The third-order valence-corrected chi connectivity index (χ3v) is 8.89. The number of aromatic nitrogens is 3. The van der Waals surface area contributed by atoms with Crippen molar-refractivity contribution >= 4 is 23.9 Å². The molecule has 0 spiro atoms. The smallest absolute Gasteiger partial charge is 0.408 e. The Morgan fingerprint density at radius 2 is 1.89 bits per heavy atom. The van der Waals surface area contributed by atoms with Crippen molar-refractivity contribution in [3.8, 4) is 11.3 Å². The van der Waals surface area contributed by atoms with Gasteiger partial charge in [-0.05, 0) is 52.9 Å². The summed E-state index contributed by atoms with van der Waals surface area (Å²) in [6.45, 7) is 7.45. The van der Waals surface area contributed by atoms with Gasteiger partial charge in [-0.25, -0.2) is 9.59 Å². The number of aryl methyl sites for hydroxylation is 1. The topological polar surface area (TPSA) is 156 Å². The van der Waals surface area contributed by atoms with Gasteiger partial charge in [0.2, 0.25) is 11.8 Å². The van der Waals surface area contributed by atoms with Crippen molar-refractivity contribution in [1.82, 2.24) is 30.5 Å². The van der Waals surface area contributed by atoms with Crippen molar-refractivity contribution in [3.63, 3.8) is 0 Å². The van der Waals surface area contributed by atoms with Crippen LogP contribution in [0.4, 0.5) is 4.79 Å². The highest BCUT2D eigenvalue weighted by atomic mass is 16.6. The maximum Gasteiger partial charge on any atom is 0.408 e. The van der Waals surface area contributed by atoms with E-state index in [4.69, 9.17) is 14.9 Å². The molecular formula is C34H46N6O6. The van der Waals surface area contributed by atoms with Gasteiger partial charge in [0.25, 0.3) is 0 Å². The first-order valence-corrected chi connectivity index (χ1v) is 16.4. The fraction of sp³-hybridized carbons (Fsp3) is 0.588. The van der Waals surface area contributed by atoms with Crippen LogP contribution in [0.25, 0.3) is 11.3 Å². The number of carboxylic acid groups (broad SMARTS) is 1. The molecule has 0 radical (unpaired) electrons. The highest BCUT2D eigenvalue weighted by Crippen LogP contribution is 2.45. The molecule has 2 fully saturated rings. The summed E-state index contributed by atoms with van der Waals surface area (Å²) in [7, 11) is 0. The van der Waals surface area contributed by atoms with E-state index in [9.17, 15) is 24.3 Å². The first-order chi connectivity index (χ1) is 21.9. The largest absolute Gasteiger partial charge is 0.479 e. The Hall–Kier alpha value is -4.22. The summed E-state index contributed by atoms with van der Waals surface area (Å²) >= 11 is 0. The first kappa shape index (κ1) is 33.2. The van der Waals surface area contributed by atoms with Crippen LogP contribution >= 0.6 is 0 Å². The number of nitrogens with zero attached hydrogens (tertiary/aromatic N) is 4. The molecule has 0 bridgehead atoms. The van der Waals surface area contributed by atoms with Crippen LogP contribution < -0.4 is 10.6 Å². The van der Waals surface area contributed by atoms with E-state index in [-0.39, 0.29) is 18.9 Å². The van der Waals surface area contributed by atoms with E-state index in [1.807, 2.05) is 42.5 Å². The van der Waals surface area contributed by atoms with Crippen LogP contribution in [0.15, 0.2) is 42.5 Å². The fourth-order valence-corrected chi connectivity index (χ4v) is 6.44. The van der Waals surface area contributed by atoms with Crippen LogP contribution in [-0.4, -0.2) is 78.6 Å². The van der Waals surface area contributed by atoms with Crippen molar-refractivity contribution in [2.45, 2.75) is 115 Å². The highest BCUT2D eigenvalue weighted by Gasteiger charge is 2.61. The van der Waals surface area contributed by atoms with E-state index in [0.717, 1.165) is 42.6 Å². The van der Waals surface area contributed by atoms with Gasteiger partial charge in [0.15, 0.2) is 0 Å². The molecule has 12 nitrogen and oxygen atoms in total. The number of carbonyl (C=O) groups is 4. The second-order valence-electron chi connectivity index (χ2n) is 13.7. The molecule has 2 aromatic rings. The van der Waals surface area contributed by atoms with Crippen LogP contribution in [0.5, 0.6) is 0 Å². The number of alkyl carbamates (subject to hydrolysis) is 1. The van der Waals surface area contributed by atoms with Crippen LogP contribution in [0.1, 0.15) is 90.8 Å². The predicted molar refractivity (Wildman–Crippen MR) is 171 cm³/mol. The monoisotopic (exact) mass is 634 g/mol. The van der Waals surface area contributed by atoms with Crippen molar-refractivity contribution in [3.05, 3.63) is 48.2 Å². The van der Waals surface area contributed by atoms with Crippen molar-refractivity contribution in [2.24, 2.45) is 5.92 Å². The van der Waals surface area contributed by atoms with Gasteiger partial charge in [0.05, 0.1) is 11.7 Å². The summed E-state index contributed by atoms with van der Waals surface area (Å²) in [6.07, 6.45) is 8.70. The van der Waals surface area contributed by atoms with Crippen LogP contribution in [0.3, 0.4) is 0 Å². The van der Waals surface area contributed by atoms with Crippen LogP contribution in [-0.2, 0) is 25.5 Å². The molecule has 3 N–H and O–H groups in total. The molecule has 3 heterocycles. The molecule has 0 unspecified atom stereocenters. The molecule has 2 aliphatic heterocycles. The molecule has 3 amide bonds. The standard InChI is InChI=1S/C34H46N6O6/c1-5-14-25-28(22-15-10-9-11-16-22)38-40(37-25)24-19-27-29(41)36-34(31(43)44)20-23(34)17-12-7-6-8-13-18-26(30(42)39(27)21-24)35-32(45)46-33(2,3)4/h9-12,15-17,23-24,26-27H,5-8,13-14,18-21H2,1-4H3,(H,35,45)(H,36,41)(H,43,44)/b17-12-/t23-,24-,26-,27-,34+/m0/s1. The normalized spacial score (nSPS) is 27.8. The molecule has 5 atom stereocenters. The zero-order valence-electron chi connectivity index (χ0n) is 27.2. The molecule has 3 aliphatic rings. The second kappa shape index (κ2) is 13.6. The lowest BCUT2D eigenvalue weighted by atomic mass is 10.0. The summed E-state index contributed by atoms with van der Waals surface area (Å²) < 4.78 is 5.48. The molecule has 1 saturated carbocycles.